The predicted molar refractivity (Wildman–Crippen MR) is 87.8 cm³/mol. The van der Waals surface area contributed by atoms with Gasteiger partial charge in [0.15, 0.2) is 22.6 Å². The van der Waals surface area contributed by atoms with Gasteiger partial charge in [-0.2, -0.15) is 0 Å². The predicted octanol–water partition coefficient (Wildman–Crippen LogP) is 1.99. The van der Waals surface area contributed by atoms with Crippen LogP contribution in [0.1, 0.15) is 0 Å². The highest BCUT2D eigenvalue weighted by Gasteiger charge is 2.00. The second kappa shape index (κ2) is 6.21. The summed E-state index contributed by atoms with van der Waals surface area (Å²) in [5, 5.41) is 0. The van der Waals surface area contributed by atoms with E-state index in [9.17, 15) is 0 Å². The van der Waals surface area contributed by atoms with Crippen LogP contribution in [0.4, 0.5) is 0 Å². The quantitative estimate of drug-likeness (QED) is 0.400. The average Bonchev–Trinajstić information content (AvgIpc) is 2.67. The van der Waals surface area contributed by atoms with Crippen molar-refractivity contribution >= 4 is 33.6 Å². The topological polar surface area (TPSA) is 103 Å². The molecule has 4 heterocycles. The standard InChI is InChI=1S/C10H6N4.C6H4N4/c1-2-4-8-7(3-1)13-9-10(14-8)12-6-5-11-9;1-2-8-6-5(7-1)9-3-4-10-6/h1-6H;1-4H. The summed E-state index contributed by atoms with van der Waals surface area (Å²) >= 11 is 0. The van der Waals surface area contributed by atoms with E-state index in [1.807, 2.05) is 24.3 Å². The Balaban J connectivity index is 0.000000129. The van der Waals surface area contributed by atoms with Gasteiger partial charge >= 0.3 is 0 Å². The van der Waals surface area contributed by atoms with Gasteiger partial charge < -0.3 is 0 Å². The monoisotopic (exact) mass is 314 g/mol. The Labute approximate surface area is 135 Å². The molecule has 0 aliphatic carbocycles. The van der Waals surface area contributed by atoms with E-state index in [1.165, 1.54) is 0 Å². The number of rotatable bonds is 0. The molecule has 0 saturated heterocycles. The number of hydrogen-bond donors (Lipinski definition) is 0. The third-order valence-electron chi connectivity index (χ3n) is 3.12. The second-order valence-corrected chi connectivity index (χ2v) is 4.68. The Bertz CT molecular complexity index is 958. The molecule has 5 aromatic rings. The van der Waals surface area contributed by atoms with Gasteiger partial charge in [-0.25, -0.2) is 39.9 Å². The molecule has 5 rings (SSSR count). The molecule has 24 heavy (non-hydrogen) atoms. The highest BCUT2D eigenvalue weighted by molar-refractivity contribution is 5.81. The van der Waals surface area contributed by atoms with Crippen molar-refractivity contribution in [1.82, 2.24) is 39.9 Å². The smallest absolute Gasteiger partial charge is 0.198 e. The molecule has 0 N–H and O–H groups in total. The lowest BCUT2D eigenvalue weighted by Gasteiger charge is -1.97. The number of fused-ring (bicyclic) bond motifs is 3. The highest BCUT2D eigenvalue weighted by Crippen LogP contribution is 2.11. The van der Waals surface area contributed by atoms with Crippen LogP contribution >= 0.6 is 0 Å². The zero-order valence-electron chi connectivity index (χ0n) is 12.4. The van der Waals surface area contributed by atoms with Crippen molar-refractivity contribution in [2.24, 2.45) is 0 Å². The first kappa shape index (κ1) is 13.9. The molecular weight excluding hydrogens is 304 g/mol. The van der Waals surface area contributed by atoms with E-state index >= 15 is 0 Å². The molecule has 0 spiro atoms. The van der Waals surface area contributed by atoms with Gasteiger partial charge in [0.25, 0.3) is 0 Å². The van der Waals surface area contributed by atoms with E-state index in [0.717, 1.165) is 11.0 Å². The van der Waals surface area contributed by atoms with E-state index in [4.69, 9.17) is 0 Å². The van der Waals surface area contributed by atoms with Crippen LogP contribution in [-0.2, 0) is 0 Å². The SMILES string of the molecule is c1ccc2nc3nccnc3nc2c1.c1cnc2nccnc2n1. The van der Waals surface area contributed by atoms with E-state index < -0.39 is 0 Å². The zero-order chi connectivity index (χ0) is 16.2. The van der Waals surface area contributed by atoms with Gasteiger partial charge in [-0.3, -0.25) is 0 Å². The van der Waals surface area contributed by atoms with Gasteiger partial charge in [-0.15, -0.1) is 0 Å². The second-order valence-electron chi connectivity index (χ2n) is 4.68. The Morgan fingerprint density at radius 3 is 1.12 bits per heavy atom. The molecule has 8 heteroatoms. The molecule has 0 amide bonds. The summed E-state index contributed by atoms with van der Waals surface area (Å²) < 4.78 is 0. The minimum absolute atomic E-state index is 0.588. The first-order chi connectivity index (χ1) is 11.9. The van der Waals surface area contributed by atoms with E-state index in [0.29, 0.717) is 22.6 Å². The van der Waals surface area contributed by atoms with Crippen molar-refractivity contribution in [3.63, 3.8) is 0 Å². The van der Waals surface area contributed by atoms with E-state index in [-0.39, 0.29) is 0 Å². The summed E-state index contributed by atoms with van der Waals surface area (Å²) in [4.78, 5) is 32.7. The lowest BCUT2D eigenvalue weighted by atomic mass is 10.3. The van der Waals surface area contributed by atoms with Crippen LogP contribution in [0.2, 0.25) is 0 Å². The van der Waals surface area contributed by atoms with Gasteiger partial charge in [0.05, 0.1) is 11.0 Å². The molecule has 0 aliphatic heterocycles. The largest absolute Gasteiger partial charge is 0.232 e. The minimum Gasteiger partial charge on any atom is -0.232 e. The van der Waals surface area contributed by atoms with Crippen molar-refractivity contribution in [3.05, 3.63) is 61.4 Å². The maximum atomic E-state index is 4.34. The molecule has 4 aromatic heterocycles. The van der Waals surface area contributed by atoms with Crippen LogP contribution in [0.15, 0.2) is 61.4 Å². The summed E-state index contributed by atoms with van der Waals surface area (Å²) in [6, 6.07) is 7.69. The van der Waals surface area contributed by atoms with Gasteiger partial charge in [0.1, 0.15) is 0 Å². The lowest BCUT2D eigenvalue weighted by molar-refractivity contribution is 1.16. The van der Waals surface area contributed by atoms with Crippen molar-refractivity contribution < 1.29 is 0 Å². The Morgan fingerprint density at radius 1 is 0.417 bits per heavy atom. The average molecular weight is 314 g/mol. The third-order valence-corrected chi connectivity index (χ3v) is 3.12. The van der Waals surface area contributed by atoms with Crippen LogP contribution in [0.5, 0.6) is 0 Å². The Morgan fingerprint density at radius 2 is 0.750 bits per heavy atom. The third kappa shape index (κ3) is 2.80. The molecular formula is C16H10N8. The fourth-order valence-corrected chi connectivity index (χ4v) is 2.08. The van der Waals surface area contributed by atoms with Gasteiger partial charge in [-0.05, 0) is 12.1 Å². The maximum absolute atomic E-state index is 4.34. The molecule has 0 aliphatic rings. The fraction of sp³-hybridized carbons (Fsp3) is 0. The van der Waals surface area contributed by atoms with E-state index in [1.54, 1.807) is 37.2 Å². The van der Waals surface area contributed by atoms with Gasteiger partial charge in [0, 0.05) is 37.2 Å². The molecule has 1 aromatic carbocycles. The summed E-state index contributed by atoms with van der Waals surface area (Å²) in [5.41, 5.74) is 4.05. The molecule has 0 atom stereocenters. The van der Waals surface area contributed by atoms with Crippen molar-refractivity contribution in [2.45, 2.75) is 0 Å². The first-order valence-corrected chi connectivity index (χ1v) is 7.11. The van der Waals surface area contributed by atoms with Crippen LogP contribution in [0.3, 0.4) is 0 Å². The zero-order valence-corrected chi connectivity index (χ0v) is 12.4. The lowest BCUT2D eigenvalue weighted by Crippen LogP contribution is -1.91. The number of aromatic nitrogens is 8. The number of para-hydroxylation sites is 2. The molecule has 0 saturated carbocycles. The van der Waals surface area contributed by atoms with Gasteiger partial charge in [-0.1, -0.05) is 12.1 Å². The van der Waals surface area contributed by atoms with Crippen LogP contribution in [0, 0.1) is 0 Å². The molecule has 0 fully saturated rings. The van der Waals surface area contributed by atoms with Crippen molar-refractivity contribution in [3.8, 4) is 0 Å². The first-order valence-electron chi connectivity index (χ1n) is 7.11. The minimum atomic E-state index is 0.588. The summed E-state index contributed by atoms with van der Waals surface area (Å²) in [6.07, 6.45) is 9.61. The number of nitrogens with zero attached hydrogens (tertiary/aromatic N) is 8. The summed E-state index contributed by atoms with van der Waals surface area (Å²) in [6.45, 7) is 0. The number of hydrogen-bond acceptors (Lipinski definition) is 8. The summed E-state index contributed by atoms with van der Waals surface area (Å²) in [5.74, 6) is 0. The normalized spacial score (nSPS) is 10.5. The van der Waals surface area contributed by atoms with Crippen molar-refractivity contribution in [1.29, 1.82) is 0 Å². The van der Waals surface area contributed by atoms with Gasteiger partial charge in [0.2, 0.25) is 0 Å². The Kier molecular flexibility index (Phi) is 3.61. The molecule has 0 radical (unpaired) electrons. The Hall–Kier alpha value is -3.68. The van der Waals surface area contributed by atoms with Crippen LogP contribution in [0.25, 0.3) is 33.6 Å². The summed E-state index contributed by atoms with van der Waals surface area (Å²) in [7, 11) is 0. The van der Waals surface area contributed by atoms with Crippen LogP contribution in [-0.4, -0.2) is 39.9 Å². The number of benzene rings is 1. The highest BCUT2D eigenvalue weighted by atomic mass is 15.0. The van der Waals surface area contributed by atoms with E-state index in [2.05, 4.69) is 39.9 Å². The van der Waals surface area contributed by atoms with Crippen LogP contribution < -0.4 is 0 Å². The molecule has 114 valence electrons. The fourth-order valence-electron chi connectivity index (χ4n) is 2.08. The van der Waals surface area contributed by atoms with Crippen molar-refractivity contribution in [2.75, 3.05) is 0 Å². The molecule has 0 unspecified atom stereocenters. The molecule has 0 bridgehead atoms. The maximum Gasteiger partial charge on any atom is 0.198 e. The molecule has 8 nitrogen and oxygen atoms in total.